The van der Waals surface area contributed by atoms with Crippen LogP contribution in [0.15, 0.2) is 35.3 Å². The first-order valence-electron chi connectivity index (χ1n) is 5.21. The summed E-state index contributed by atoms with van der Waals surface area (Å²) in [5.74, 6) is 0.857. The maximum Gasteiger partial charge on any atom is 0.154 e. The number of benzene rings is 1. The van der Waals surface area contributed by atoms with Gasteiger partial charge in [0.2, 0.25) is 0 Å². The van der Waals surface area contributed by atoms with E-state index >= 15 is 0 Å². The van der Waals surface area contributed by atoms with E-state index in [2.05, 4.69) is 17.1 Å². The molecule has 1 aromatic carbocycles. The molecule has 0 radical (unpaired) electrons. The smallest absolute Gasteiger partial charge is 0.154 e. The molecule has 2 N–H and O–H groups in total. The molecule has 0 aliphatic heterocycles. The SMILES string of the molecule is COC[C@@H](C)N=C(N)SCc1ccccc1. The second-order valence-corrected chi connectivity index (χ2v) is 4.54. The fraction of sp³-hybridized carbons (Fsp3) is 0.417. The Morgan fingerprint density at radius 2 is 2.12 bits per heavy atom. The van der Waals surface area contributed by atoms with Crippen LogP contribution in [-0.2, 0) is 10.5 Å². The molecular weight excluding hydrogens is 220 g/mol. The molecule has 16 heavy (non-hydrogen) atoms. The van der Waals surface area contributed by atoms with Crippen molar-refractivity contribution in [1.29, 1.82) is 0 Å². The van der Waals surface area contributed by atoms with Gasteiger partial charge >= 0.3 is 0 Å². The molecule has 3 nitrogen and oxygen atoms in total. The molecule has 0 spiro atoms. The predicted molar refractivity (Wildman–Crippen MR) is 70.7 cm³/mol. The highest BCUT2D eigenvalue weighted by atomic mass is 32.2. The van der Waals surface area contributed by atoms with E-state index in [1.54, 1.807) is 18.9 Å². The summed E-state index contributed by atoms with van der Waals surface area (Å²) in [4.78, 5) is 4.31. The molecule has 1 aromatic rings. The van der Waals surface area contributed by atoms with Crippen LogP contribution < -0.4 is 5.73 Å². The monoisotopic (exact) mass is 238 g/mol. The topological polar surface area (TPSA) is 47.6 Å². The quantitative estimate of drug-likeness (QED) is 0.632. The molecule has 0 heterocycles. The summed E-state index contributed by atoms with van der Waals surface area (Å²) in [7, 11) is 1.67. The Morgan fingerprint density at radius 3 is 2.75 bits per heavy atom. The van der Waals surface area contributed by atoms with Crippen molar-refractivity contribution in [2.75, 3.05) is 13.7 Å². The lowest BCUT2D eigenvalue weighted by atomic mass is 10.2. The maximum atomic E-state index is 5.81. The van der Waals surface area contributed by atoms with Crippen molar-refractivity contribution in [3.8, 4) is 0 Å². The second kappa shape index (κ2) is 7.30. The van der Waals surface area contributed by atoms with E-state index in [0.717, 1.165) is 5.75 Å². The van der Waals surface area contributed by atoms with Crippen LogP contribution in [0.25, 0.3) is 0 Å². The van der Waals surface area contributed by atoms with E-state index in [-0.39, 0.29) is 6.04 Å². The minimum Gasteiger partial charge on any atom is -0.382 e. The lowest BCUT2D eigenvalue weighted by Crippen LogP contribution is -2.15. The molecule has 0 amide bonds. The number of nitrogens with zero attached hydrogens (tertiary/aromatic N) is 1. The van der Waals surface area contributed by atoms with Crippen LogP contribution in [0, 0.1) is 0 Å². The molecule has 0 aromatic heterocycles. The van der Waals surface area contributed by atoms with E-state index in [0.29, 0.717) is 11.8 Å². The fourth-order valence-electron chi connectivity index (χ4n) is 1.26. The predicted octanol–water partition coefficient (Wildman–Crippen LogP) is 2.27. The number of thioether (sulfide) groups is 1. The van der Waals surface area contributed by atoms with Gasteiger partial charge < -0.3 is 10.5 Å². The molecule has 0 fully saturated rings. The van der Waals surface area contributed by atoms with Crippen molar-refractivity contribution in [2.24, 2.45) is 10.7 Å². The Kier molecular flexibility index (Phi) is 5.96. The van der Waals surface area contributed by atoms with Gasteiger partial charge in [-0.25, -0.2) is 0 Å². The summed E-state index contributed by atoms with van der Waals surface area (Å²) >= 11 is 1.56. The zero-order valence-corrected chi connectivity index (χ0v) is 10.5. The van der Waals surface area contributed by atoms with Crippen LogP contribution in [0.2, 0.25) is 0 Å². The molecule has 0 unspecified atom stereocenters. The van der Waals surface area contributed by atoms with Gasteiger partial charge in [0.1, 0.15) is 0 Å². The minimum absolute atomic E-state index is 0.119. The largest absolute Gasteiger partial charge is 0.382 e. The van der Waals surface area contributed by atoms with E-state index in [4.69, 9.17) is 10.5 Å². The number of rotatable bonds is 5. The average molecular weight is 238 g/mol. The molecule has 0 saturated carbocycles. The Balaban J connectivity index is 2.37. The number of hydrogen-bond donors (Lipinski definition) is 1. The summed E-state index contributed by atoms with van der Waals surface area (Å²) < 4.78 is 5.00. The molecule has 4 heteroatoms. The average Bonchev–Trinajstić information content (AvgIpc) is 2.28. The van der Waals surface area contributed by atoms with Crippen molar-refractivity contribution >= 4 is 16.9 Å². The van der Waals surface area contributed by atoms with Crippen LogP contribution >= 0.6 is 11.8 Å². The molecule has 1 atom stereocenters. The third-order valence-corrected chi connectivity index (χ3v) is 2.86. The van der Waals surface area contributed by atoms with Crippen LogP contribution in [0.3, 0.4) is 0 Å². The zero-order valence-electron chi connectivity index (χ0n) is 9.72. The van der Waals surface area contributed by atoms with Crippen LogP contribution in [0.4, 0.5) is 0 Å². The molecule has 0 saturated heterocycles. The maximum absolute atomic E-state index is 5.81. The van der Waals surface area contributed by atoms with Gasteiger partial charge in [-0.05, 0) is 12.5 Å². The van der Waals surface area contributed by atoms with E-state index in [1.807, 2.05) is 25.1 Å². The molecule has 1 rings (SSSR count). The van der Waals surface area contributed by atoms with Gasteiger partial charge in [0, 0.05) is 12.9 Å². The van der Waals surface area contributed by atoms with Crippen molar-refractivity contribution in [2.45, 2.75) is 18.7 Å². The first-order chi connectivity index (χ1) is 7.72. The van der Waals surface area contributed by atoms with Crippen molar-refractivity contribution < 1.29 is 4.74 Å². The van der Waals surface area contributed by atoms with Gasteiger partial charge in [0.05, 0.1) is 12.6 Å². The Labute approximate surface area is 101 Å². The van der Waals surface area contributed by atoms with E-state index in [1.165, 1.54) is 5.56 Å². The minimum atomic E-state index is 0.119. The van der Waals surface area contributed by atoms with Crippen LogP contribution in [0.5, 0.6) is 0 Å². The summed E-state index contributed by atoms with van der Waals surface area (Å²) in [5, 5.41) is 0.619. The fourth-order valence-corrected chi connectivity index (χ4v) is 2.03. The number of ether oxygens (including phenoxy) is 1. The number of amidine groups is 1. The first-order valence-corrected chi connectivity index (χ1v) is 6.20. The lowest BCUT2D eigenvalue weighted by molar-refractivity contribution is 0.186. The van der Waals surface area contributed by atoms with Gasteiger partial charge in [-0.1, -0.05) is 42.1 Å². The molecule has 0 bridgehead atoms. The summed E-state index contributed by atoms with van der Waals surface area (Å²) in [6.07, 6.45) is 0. The molecule has 88 valence electrons. The number of methoxy groups -OCH3 is 1. The molecular formula is C12H18N2OS. The van der Waals surface area contributed by atoms with Crippen molar-refractivity contribution in [3.05, 3.63) is 35.9 Å². The van der Waals surface area contributed by atoms with Gasteiger partial charge in [-0.3, -0.25) is 4.99 Å². The first kappa shape index (κ1) is 13.1. The third kappa shape index (κ3) is 5.19. The molecule has 0 aliphatic carbocycles. The lowest BCUT2D eigenvalue weighted by Gasteiger charge is -2.06. The van der Waals surface area contributed by atoms with Gasteiger partial charge in [0.15, 0.2) is 5.17 Å². The number of hydrogen-bond acceptors (Lipinski definition) is 3. The van der Waals surface area contributed by atoms with Crippen LogP contribution in [0.1, 0.15) is 12.5 Å². The standard InChI is InChI=1S/C12H18N2OS/c1-10(8-15-2)14-12(13)16-9-11-6-4-3-5-7-11/h3-7,10H,8-9H2,1-2H3,(H2,13,14)/t10-/m1/s1. The Bertz CT molecular complexity index is 327. The Hall–Kier alpha value is -1.00. The third-order valence-electron chi connectivity index (χ3n) is 1.99. The van der Waals surface area contributed by atoms with Crippen molar-refractivity contribution in [3.63, 3.8) is 0 Å². The van der Waals surface area contributed by atoms with Crippen molar-refractivity contribution in [1.82, 2.24) is 0 Å². The highest BCUT2D eigenvalue weighted by Gasteiger charge is 2.01. The Morgan fingerprint density at radius 1 is 1.44 bits per heavy atom. The highest BCUT2D eigenvalue weighted by Crippen LogP contribution is 2.12. The second-order valence-electron chi connectivity index (χ2n) is 3.55. The van der Waals surface area contributed by atoms with Gasteiger partial charge in [0.25, 0.3) is 0 Å². The summed E-state index contributed by atoms with van der Waals surface area (Å²) in [5.41, 5.74) is 7.06. The summed E-state index contributed by atoms with van der Waals surface area (Å²) in [6.45, 7) is 2.59. The highest BCUT2D eigenvalue weighted by molar-refractivity contribution is 8.13. The number of aliphatic imine (C=N–C) groups is 1. The van der Waals surface area contributed by atoms with E-state index in [9.17, 15) is 0 Å². The van der Waals surface area contributed by atoms with E-state index < -0.39 is 0 Å². The van der Waals surface area contributed by atoms with Crippen LogP contribution in [-0.4, -0.2) is 24.9 Å². The molecule has 0 aliphatic rings. The summed E-state index contributed by atoms with van der Waals surface area (Å²) in [6, 6.07) is 10.3. The zero-order chi connectivity index (χ0) is 11.8. The number of nitrogens with two attached hydrogens (primary N) is 1. The van der Waals surface area contributed by atoms with Gasteiger partial charge in [-0.2, -0.15) is 0 Å². The van der Waals surface area contributed by atoms with Gasteiger partial charge in [-0.15, -0.1) is 0 Å². The normalized spacial score (nSPS) is 13.8.